The Balaban J connectivity index is 1.35. The van der Waals surface area contributed by atoms with E-state index in [1.807, 2.05) is 54.6 Å². The van der Waals surface area contributed by atoms with Gasteiger partial charge in [0.15, 0.2) is 0 Å². The minimum Gasteiger partial charge on any atom is -0.491 e. The van der Waals surface area contributed by atoms with Crippen LogP contribution in [-0.4, -0.2) is 29.5 Å². The molecule has 0 atom stereocenters. The lowest BCUT2D eigenvalue weighted by atomic mass is 10.0. The average Bonchev–Trinajstić information content (AvgIpc) is 3.15. The van der Waals surface area contributed by atoms with Crippen LogP contribution in [0.2, 0.25) is 5.02 Å². The van der Waals surface area contributed by atoms with Crippen LogP contribution in [-0.2, 0) is 42.1 Å². The van der Waals surface area contributed by atoms with Gasteiger partial charge in [0.25, 0.3) is 0 Å². The highest BCUT2D eigenvalue weighted by Gasteiger charge is 2.20. The number of fused-ring (bicyclic) bond motifs is 1. The Morgan fingerprint density at radius 1 is 0.875 bits per heavy atom. The Hall–Kier alpha value is -3.64. The summed E-state index contributed by atoms with van der Waals surface area (Å²) in [6, 6.07) is 28.5. The van der Waals surface area contributed by atoms with Crippen molar-refractivity contribution in [3.8, 4) is 11.3 Å². The molecule has 0 amide bonds. The van der Waals surface area contributed by atoms with Crippen LogP contribution < -0.4 is 5.32 Å². The molecule has 3 aromatic carbocycles. The van der Waals surface area contributed by atoms with Crippen molar-refractivity contribution in [2.75, 3.05) is 19.7 Å². The second-order valence-corrected chi connectivity index (χ2v) is 10.5. The SMILES string of the molecule is C/C(=C\C=C(/COCc1ccccc1)OCc1ccccc1)Cn1nc2c(c1-c1ccc(Cl)cc1)CCNCC2. The van der Waals surface area contributed by atoms with Crippen molar-refractivity contribution >= 4 is 11.6 Å². The number of aromatic nitrogens is 2. The lowest BCUT2D eigenvalue weighted by Gasteiger charge is -2.12. The van der Waals surface area contributed by atoms with Crippen molar-refractivity contribution in [1.82, 2.24) is 15.1 Å². The fourth-order valence-electron chi connectivity index (χ4n) is 4.86. The molecule has 1 aromatic heterocycles. The van der Waals surface area contributed by atoms with Crippen molar-refractivity contribution in [3.05, 3.63) is 136 Å². The normalized spacial score (nSPS) is 14.1. The highest BCUT2D eigenvalue weighted by Crippen LogP contribution is 2.30. The predicted molar refractivity (Wildman–Crippen MR) is 162 cm³/mol. The van der Waals surface area contributed by atoms with Crippen molar-refractivity contribution in [2.24, 2.45) is 0 Å². The van der Waals surface area contributed by atoms with E-state index in [-0.39, 0.29) is 0 Å². The Kier molecular flexibility index (Phi) is 9.86. The third-order valence-corrected chi connectivity index (χ3v) is 7.17. The highest BCUT2D eigenvalue weighted by molar-refractivity contribution is 6.30. The monoisotopic (exact) mass is 553 g/mol. The van der Waals surface area contributed by atoms with E-state index in [4.69, 9.17) is 26.2 Å². The molecule has 0 radical (unpaired) electrons. The Morgan fingerprint density at radius 3 is 2.27 bits per heavy atom. The summed E-state index contributed by atoms with van der Waals surface area (Å²) in [5.41, 5.74) is 8.27. The second kappa shape index (κ2) is 14.1. The number of allylic oxidation sites excluding steroid dienone is 3. The van der Waals surface area contributed by atoms with Gasteiger partial charge in [-0.25, -0.2) is 0 Å². The van der Waals surface area contributed by atoms with Gasteiger partial charge >= 0.3 is 0 Å². The van der Waals surface area contributed by atoms with Crippen LogP contribution in [0, 0.1) is 0 Å². The van der Waals surface area contributed by atoms with Gasteiger partial charge in [-0.05, 0) is 49.2 Å². The van der Waals surface area contributed by atoms with E-state index in [1.165, 1.54) is 22.5 Å². The van der Waals surface area contributed by atoms with Gasteiger partial charge in [-0.1, -0.05) is 96.0 Å². The summed E-state index contributed by atoms with van der Waals surface area (Å²) in [6.07, 6.45) is 6.05. The number of ether oxygens (including phenoxy) is 2. The summed E-state index contributed by atoms with van der Waals surface area (Å²) in [5, 5.41) is 9.30. The third kappa shape index (κ3) is 7.72. The standard InChI is InChI=1S/C34H36ClN3O2/c1-26(22-38-34(29-13-15-30(35)16-14-29)32-18-20-36-21-19-33(32)37-38)12-17-31(40-24-28-10-6-3-7-11-28)25-39-23-27-8-4-2-5-9-27/h2-17,36H,18-25H2,1H3/b26-12+,31-17+. The maximum Gasteiger partial charge on any atom is 0.122 e. The first-order valence-electron chi connectivity index (χ1n) is 13.9. The van der Waals surface area contributed by atoms with Crippen LogP contribution in [0.1, 0.15) is 29.3 Å². The van der Waals surface area contributed by atoms with E-state index < -0.39 is 0 Å². The van der Waals surface area contributed by atoms with E-state index in [2.05, 4.69) is 59.4 Å². The van der Waals surface area contributed by atoms with E-state index in [0.29, 0.717) is 26.4 Å². The zero-order valence-corrected chi connectivity index (χ0v) is 23.7. The largest absolute Gasteiger partial charge is 0.491 e. The topological polar surface area (TPSA) is 48.3 Å². The third-order valence-electron chi connectivity index (χ3n) is 6.92. The van der Waals surface area contributed by atoms with Crippen LogP contribution in [0.15, 0.2) is 108 Å². The van der Waals surface area contributed by atoms with Gasteiger partial charge in [0.2, 0.25) is 0 Å². The summed E-state index contributed by atoms with van der Waals surface area (Å²) < 4.78 is 14.4. The lowest BCUT2D eigenvalue weighted by molar-refractivity contribution is 0.0834. The van der Waals surface area contributed by atoms with Crippen LogP contribution in [0.4, 0.5) is 0 Å². The average molecular weight is 554 g/mol. The summed E-state index contributed by atoms with van der Waals surface area (Å²) in [7, 11) is 0. The van der Waals surface area contributed by atoms with Gasteiger partial charge < -0.3 is 14.8 Å². The first-order valence-corrected chi connectivity index (χ1v) is 14.2. The maximum absolute atomic E-state index is 6.20. The fourth-order valence-corrected chi connectivity index (χ4v) is 4.98. The molecule has 1 aliphatic rings. The van der Waals surface area contributed by atoms with Gasteiger partial charge in [-0.3, -0.25) is 4.68 Å². The van der Waals surface area contributed by atoms with Crippen molar-refractivity contribution in [1.29, 1.82) is 0 Å². The number of hydrogen-bond acceptors (Lipinski definition) is 4. The molecule has 4 aromatic rings. The summed E-state index contributed by atoms with van der Waals surface area (Å²) in [4.78, 5) is 0. The molecule has 0 saturated heterocycles. The molecule has 0 bridgehead atoms. The summed E-state index contributed by atoms with van der Waals surface area (Å²) in [6.45, 7) is 6.16. The first-order chi connectivity index (χ1) is 19.7. The molecule has 1 N–H and O–H groups in total. The first kappa shape index (κ1) is 27.9. The van der Waals surface area contributed by atoms with Crippen LogP contribution in [0.5, 0.6) is 0 Å². The molecule has 5 nitrogen and oxygen atoms in total. The van der Waals surface area contributed by atoms with E-state index in [1.54, 1.807) is 0 Å². The van der Waals surface area contributed by atoms with Gasteiger partial charge in [0, 0.05) is 29.1 Å². The van der Waals surface area contributed by atoms with Crippen LogP contribution >= 0.6 is 11.6 Å². The number of halogens is 1. The minimum absolute atomic E-state index is 0.393. The van der Waals surface area contributed by atoms with Crippen molar-refractivity contribution in [3.63, 3.8) is 0 Å². The zero-order valence-electron chi connectivity index (χ0n) is 23.0. The molecule has 40 heavy (non-hydrogen) atoms. The van der Waals surface area contributed by atoms with Gasteiger partial charge in [0.05, 0.1) is 24.5 Å². The van der Waals surface area contributed by atoms with Gasteiger partial charge in [-0.2, -0.15) is 5.10 Å². The number of rotatable bonds is 11. The molecule has 0 aliphatic carbocycles. The molecule has 0 saturated carbocycles. The maximum atomic E-state index is 6.20. The lowest BCUT2D eigenvalue weighted by Crippen LogP contribution is -2.17. The molecule has 0 fully saturated rings. The second-order valence-electron chi connectivity index (χ2n) is 10.1. The smallest absolute Gasteiger partial charge is 0.122 e. The number of nitrogens with one attached hydrogen (secondary N) is 1. The van der Waals surface area contributed by atoms with Crippen molar-refractivity contribution in [2.45, 2.75) is 39.5 Å². The minimum atomic E-state index is 0.393. The Bertz CT molecular complexity index is 1430. The zero-order chi connectivity index (χ0) is 27.6. The highest BCUT2D eigenvalue weighted by atomic mass is 35.5. The fraction of sp³-hybridized carbons (Fsp3) is 0.265. The molecule has 1 aliphatic heterocycles. The number of benzene rings is 3. The van der Waals surface area contributed by atoms with E-state index in [9.17, 15) is 0 Å². The molecular weight excluding hydrogens is 518 g/mol. The summed E-state index contributed by atoms with van der Waals surface area (Å²) in [5.74, 6) is 0.791. The van der Waals surface area contributed by atoms with Crippen LogP contribution in [0.25, 0.3) is 11.3 Å². The molecular formula is C34H36ClN3O2. The quantitative estimate of drug-likeness (QED) is 0.158. The van der Waals surface area contributed by atoms with Gasteiger partial charge in [-0.15, -0.1) is 0 Å². The molecule has 0 spiro atoms. The Morgan fingerprint density at radius 2 is 1.55 bits per heavy atom. The van der Waals surface area contributed by atoms with E-state index >= 15 is 0 Å². The predicted octanol–water partition coefficient (Wildman–Crippen LogP) is 7.16. The Labute approximate surface area is 242 Å². The van der Waals surface area contributed by atoms with Crippen molar-refractivity contribution < 1.29 is 9.47 Å². The molecule has 206 valence electrons. The van der Waals surface area contributed by atoms with Crippen LogP contribution in [0.3, 0.4) is 0 Å². The number of nitrogens with zero attached hydrogens (tertiary/aromatic N) is 2. The molecule has 5 rings (SSSR count). The molecule has 6 heteroatoms. The molecule has 0 unspecified atom stereocenters. The number of hydrogen-bond donors (Lipinski definition) is 1. The van der Waals surface area contributed by atoms with Gasteiger partial charge in [0.1, 0.15) is 19.0 Å². The van der Waals surface area contributed by atoms with E-state index in [0.717, 1.165) is 53.4 Å². The molecule has 2 heterocycles. The summed E-state index contributed by atoms with van der Waals surface area (Å²) >= 11 is 6.20.